The van der Waals surface area contributed by atoms with E-state index >= 15 is 0 Å². The average molecular weight is 593 g/mol. The Bertz CT molecular complexity index is 1100. The lowest BCUT2D eigenvalue weighted by Crippen LogP contribution is -2.64. The van der Waals surface area contributed by atoms with Crippen LogP contribution in [0.5, 0.6) is 0 Å². The molecule has 236 valence electrons. The number of ether oxygens (including phenoxy) is 6. The van der Waals surface area contributed by atoms with E-state index in [1.54, 1.807) is 6.92 Å². The van der Waals surface area contributed by atoms with Crippen LogP contribution >= 0.6 is 0 Å². The molecule has 4 aliphatic carbocycles. The normalized spacial score (nSPS) is 55.0. The van der Waals surface area contributed by atoms with E-state index in [0.717, 1.165) is 57.8 Å². The van der Waals surface area contributed by atoms with Crippen molar-refractivity contribution >= 4 is 11.9 Å². The molecular weight excluding hydrogens is 544 g/mol. The number of carbonyl (C=O) groups excluding carboxylic acids is 2. The van der Waals surface area contributed by atoms with Crippen molar-refractivity contribution in [1.29, 1.82) is 0 Å². The van der Waals surface area contributed by atoms with Crippen LogP contribution in [0.25, 0.3) is 0 Å². The molecule has 14 atom stereocenters. The van der Waals surface area contributed by atoms with Crippen LogP contribution in [0.2, 0.25) is 0 Å². The fourth-order valence-electron chi connectivity index (χ4n) is 11.3. The molecule has 0 aromatic rings. The quantitative estimate of drug-likeness (QED) is 0.371. The van der Waals surface area contributed by atoms with Gasteiger partial charge in [0.2, 0.25) is 0 Å². The van der Waals surface area contributed by atoms with Gasteiger partial charge in [-0.3, -0.25) is 9.59 Å². The third-order valence-corrected chi connectivity index (χ3v) is 13.3. The molecule has 7 aliphatic rings. The molecule has 0 radical (unpaired) electrons. The lowest BCUT2D eigenvalue weighted by molar-refractivity contribution is -0.315. The molecule has 10 heteroatoms. The molecule has 42 heavy (non-hydrogen) atoms. The summed E-state index contributed by atoms with van der Waals surface area (Å²) in [4.78, 5) is 24.0. The zero-order chi connectivity index (χ0) is 29.7. The number of hydrogen-bond acceptors (Lipinski definition) is 10. The minimum absolute atomic E-state index is 0.0560. The highest BCUT2D eigenvalue weighted by Crippen LogP contribution is 2.73. The lowest BCUT2D eigenvalue weighted by Gasteiger charge is -2.63. The minimum atomic E-state index is -0.929. The van der Waals surface area contributed by atoms with Gasteiger partial charge in [0.05, 0.1) is 30.8 Å². The van der Waals surface area contributed by atoms with Crippen molar-refractivity contribution in [2.24, 2.45) is 34.5 Å². The van der Waals surface area contributed by atoms with Crippen LogP contribution in [0.15, 0.2) is 0 Å². The number of fused-ring (bicyclic) bond motifs is 5. The summed E-state index contributed by atoms with van der Waals surface area (Å²) in [5, 5.41) is 23.2. The molecule has 3 heterocycles. The zero-order valence-electron chi connectivity index (χ0n) is 25.4. The largest absolute Gasteiger partial charge is 0.462 e. The number of cyclic esters (lactones) is 1. The topological polar surface area (TPSA) is 130 Å². The van der Waals surface area contributed by atoms with Gasteiger partial charge in [0, 0.05) is 25.4 Å². The van der Waals surface area contributed by atoms with Gasteiger partial charge in [0.25, 0.3) is 0 Å². The van der Waals surface area contributed by atoms with Gasteiger partial charge in [-0.05, 0) is 87.9 Å². The van der Waals surface area contributed by atoms with Gasteiger partial charge in [-0.1, -0.05) is 6.92 Å². The summed E-state index contributed by atoms with van der Waals surface area (Å²) in [7, 11) is 1.50. The molecule has 2 spiro atoms. The fraction of sp³-hybridized carbons (Fsp3) is 0.938. The van der Waals surface area contributed by atoms with Gasteiger partial charge in [0.15, 0.2) is 12.4 Å². The van der Waals surface area contributed by atoms with Crippen LogP contribution in [0.4, 0.5) is 0 Å². The Morgan fingerprint density at radius 2 is 1.83 bits per heavy atom. The Labute approximate surface area is 248 Å². The van der Waals surface area contributed by atoms with Crippen molar-refractivity contribution in [1.82, 2.24) is 0 Å². The second kappa shape index (κ2) is 10.1. The maximum atomic E-state index is 12.6. The summed E-state index contributed by atoms with van der Waals surface area (Å²) in [6, 6.07) is 0. The smallest absolute Gasteiger partial charge is 0.308 e. The van der Waals surface area contributed by atoms with Gasteiger partial charge < -0.3 is 38.6 Å². The van der Waals surface area contributed by atoms with Gasteiger partial charge in [-0.2, -0.15) is 0 Å². The standard InChI is InChI=1S/C32H48O10/c1-17-25(35)26(37-4)27(41-18(2)33)28(40-17)42-20-7-10-29(3)19(13-20)5-6-22-21(29)8-11-30-15-39-31(14-24(34)38-16-31)23(30)9-12-32(22,30)36/h17,19-23,25-28,35-36H,5-16H2,1-4H3/t17-,19?,20-,21?,22?,23?,25-,26+,27+,28-,29-,30-,31?,32?/m0/s1. The van der Waals surface area contributed by atoms with Crippen molar-refractivity contribution in [3.05, 3.63) is 0 Å². The molecule has 4 saturated carbocycles. The summed E-state index contributed by atoms with van der Waals surface area (Å²) in [6.07, 6.45) is 4.86. The highest BCUT2D eigenvalue weighted by Gasteiger charge is 2.76. The zero-order valence-corrected chi connectivity index (χ0v) is 25.4. The molecule has 7 fully saturated rings. The van der Waals surface area contributed by atoms with Crippen LogP contribution in [0.3, 0.4) is 0 Å². The van der Waals surface area contributed by atoms with Gasteiger partial charge >= 0.3 is 11.9 Å². The summed E-state index contributed by atoms with van der Waals surface area (Å²) >= 11 is 0. The molecule has 3 saturated heterocycles. The highest BCUT2D eigenvalue weighted by molar-refractivity contribution is 5.73. The van der Waals surface area contributed by atoms with Crippen LogP contribution < -0.4 is 0 Å². The summed E-state index contributed by atoms with van der Waals surface area (Å²) < 4.78 is 35.5. The van der Waals surface area contributed by atoms with Gasteiger partial charge in [-0.15, -0.1) is 0 Å². The molecular formula is C32H48O10. The molecule has 0 bridgehead atoms. The summed E-state index contributed by atoms with van der Waals surface area (Å²) in [5.41, 5.74) is -1.50. The Balaban J connectivity index is 1.06. The average Bonchev–Trinajstić information content (AvgIpc) is 3.58. The highest BCUT2D eigenvalue weighted by atomic mass is 16.7. The monoisotopic (exact) mass is 592 g/mol. The first kappa shape index (κ1) is 29.4. The molecule has 0 amide bonds. The summed E-state index contributed by atoms with van der Waals surface area (Å²) in [6.45, 7) is 6.41. The molecule has 3 aliphatic heterocycles. The third-order valence-electron chi connectivity index (χ3n) is 13.3. The molecule has 7 rings (SSSR count). The molecule has 0 aromatic carbocycles. The Kier molecular flexibility index (Phi) is 7.08. The van der Waals surface area contributed by atoms with Crippen molar-refractivity contribution in [3.8, 4) is 0 Å². The van der Waals surface area contributed by atoms with E-state index in [1.165, 1.54) is 14.0 Å². The van der Waals surface area contributed by atoms with Crippen molar-refractivity contribution in [3.63, 3.8) is 0 Å². The predicted octanol–water partition coefficient (Wildman–Crippen LogP) is 2.89. The number of esters is 2. The second-order valence-corrected chi connectivity index (χ2v) is 14.9. The number of rotatable bonds is 4. The maximum Gasteiger partial charge on any atom is 0.308 e. The number of carbonyl (C=O) groups is 2. The minimum Gasteiger partial charge on any atom is -0.462 e. The molecule has 0 aromatic heterocycles. The van der Waals surface area contributed by atoms with E-state index < -0.39 is 47.9 Å². The van der Waals surface area contributed by atoms with Crippen LogP contribution in [-0.4, -0.2) is 90.5 Å². The molecule has 2 N–H and O–H groups in total. The number of aliphatic hydroxyl groups excluding tert-OH is 1. The Morgan fingerprint density at radius 1 is 1.02 bits per heavy atom. The van der Waals surface area contributed by atoms with Crippen molar-refractivity contribution < 1.29 is 48.2 Å². The Morgan fingerprint density at radius 3 is 2.55 bits per heavy atom. The van der Waals surface area contributed by atoms with E-state index in [2.05, 4.69) is 6.92 Å². The van der Waals surface area contributed by atoms with E-state index in [9.17, 15) is 19.8 Å². The van der Waals surface area contributed by atoms with Crippen LogP contribution in [0.1, 0.15) is 85.0 Å². The summed E-state index contributed by atoms with van der Waals surface area (Å²) in [5.74, 6) is 0.641. The molecule has 10 nitrogen and oxygen atoms in total. The Hall–Kier alpha value is -1.30. The predicted molar refractivity (Wildman–Crippen MR) is 147 cm³/mol. The number of methoxy groups -OCH3 is 1. The van der Waals surface area contributed by atoms with E-state index in [0.29, 0.717) is 31.5 Å². The second-order valence-electron chi connectivity index (χ2n) is 14.9. The SMILES string of the molecule is CO[C@@H]1[C@@H](O)[C@H](C)O[C@@H](O[C@H]2CC[C@@]3(C)C(CCC4C3CC[C@]35COC6(COC(=O)C6)C3CCC45O)C2)[C@@H]1OC(C)=O. The maximum absolute atomic E-state index is 12.6. The number of hydrogen-bond donors (Lipinski definition) is 2. The van der Waals surface area contributed by atoms with Crippen LogP contribution in [-0.2, 0) is 38.0 Å². The first-order chi connectivity index (χ1) is 20.0. The third kappa shape index (κ3) is 4.04. The first-order valence-corrected chi connectivity index (χ1v) is 16.2. The van der Waals surface area contributed by atoms with E-state index in [4.69, 9.17) is 28.4 Å². The van der Waals surface area contributed by atoms with Crippen LogP contribution in [0, 0.1) is 34.5 Å². The van der Waals surface area contributed by atoms with E-state index in [1.807, 2.05) is 0 Å². The molecule has 6 unspecified atom stereocenters. The lowest BCUT2D eigenvalue weighted by atomic mass is 9.43. The van der Waals surface area contributed by atoms with Gasteiger partial charge in [-0.25, -0.2) is 0 Å². The number of aliphatic hydroxyl groups is 2. The van der Waals surface area contributed by atoms with E-state index in [-0.39, 0.29) is 34.7 Å². The van der Waals surface area contributed by atoms with Gasteiger partial charge in [0.1, 0.15) is 24.4 Å². The van der Waals surface area contributed by atoms with Crippen molar-refractivity contribution in [2.45, 2.75) is 133 Å². The first-order valence-electron chi connectivity index (χ1n) is 16.2. The van der Waals surface area contributed by atoms with Crippen molar-refractivity contribution in [2.75, 3.05) is 20.3 Å². The fourth-order valence-corrected chi connectivity index (χ4v) is 11.3.